The van der Waals surface area contributed by atoms with Crippen molar-refractivity contribution in [2.45, 2.75) is 25.3 Å². The van der Waals surface area contributed by atoms with Crippen LogP contribution in [0.4, 0.5) is 0 Å². The molecule has 1 nitrogen and oxygen atoms in total. The van der Waals surface area contributed by atoms with Gasteiger partial charge in [0.1, 0.15) is 0 Å². The van der Waals surface area contributed by atoms with E-state index in [2.05, 4.69) is 17.5 Å². The van der Waals surface area contributed by atoms with E-state index in [1.54, 1.807) is 0 Å². The smallest absolute Gasteiger partial charge is 0.0133 e. The summed E-state index contributed by atoms with van der Waals surface area (Å²) in [4.78, 5) is 0. The molecule has 1 fully saturated rings. The number of allylic oxidation sites excluding steroid dienone is 1. The van der Waals surface area contributed by atoms with Crippen LogP contribution < -0.4 is 5.32 Å². The molecule has 2 unspecified atom stereocenters. The van der Waals surface area contributed by atoms with Gasteiger partial charge in [-0.25, -0.2) is 0 Å². The first-order chi connectivity index (χ1) is 4.47. The lowest BCUT2D eigenvalue weighted by molar-refractivity contribution is 0.439. The zero-order valence-electron chi connectivity index (χ0n) is 5.64. The first-order valence-electron chi connectivity index (χ1n) is 3.85. The van der Waals surface area contributed by atoms with E-state index in [9.17, 15) is 0 Å². The number of fused-ring (bicyclic) bond motifs is 1. The maximum atomic E-state index is 3.51. The van der Waals surface area contributed by atoms with E-state index >= 15 is 0 Å². The second-order valence-corrected chi connectivity index (χ2v) is 3.05. The molecule has 0 spiro atoms. The molecule has 1 saturated heterocycles. The Morgan fingerprint density at radius 2 is 2.11 bits per heavy atom. The molecule has 0 saturated carbocycles. The Balaban J connectivity index is 2.07. The van der Waals surface area contributed by atoms with Gasteiger partial charge < -0.3 is 5.32 Å². The Bertz CT molecular complexity index is 115. The lowest BCUT2D eigenvalue weighted by Gasteiger charge is -2.19. The molecule has 0 aromatic rings. The van der Waals surface area contributed by atoms with Gasteiger partial charge in [-0.3, -0.25) is 0 Å². The molecule has 1 heteroatoms. The highest BCUT2D eigenvalue weighted by Crippen LogP contribution is 2.25. The minimum absolute atomic E-state index is 0.829. The quantitative estimate of drug-likeness (QED) is 0.479. The number of hydrogen-bond donors (Lipinski definition) is 1. The fourth-order valence-electron chi connectivity index (χ4n) is 1.89. The molecule has 2 rings (SSSR count). The monoisotopic (exact) mass is 123 g/mol. The summed E-state index contributed by atoms with van der Waals surface area (Å²) in [7, 11) is 0. The standard InChI is InChI=1S/C8H13N/c1-2-4-8-7(3-1)5-6-9-8/h1-2,7-9H,3-6H2. The molecule has 0 radical (unpaired) electrons. The van der Waals surface area contributed by atoms with Crippen molar-refractivity contribution < 1.29 is 0 Å². The summed E-state index contributed by atoms with van der Waals surface area (Å²) in [6.07, 6.45) is 8.62. The molecule has 9 heavy (non-hydrogen) atoms. The Kier molecular flexibility index (Phi) is 1.31. The molecule has 1 N–H and O–H groups in total. The van der Waals surface area contributed by atoms with Crippen molar-refractivity contribution in [3.63, 3.8) is 0 Å². The van der Waals surface area contributed by atoms with Crippen molar-refractivity contribution in [3.05, 3.63) is 12.2 Å². The number of rotatable bonds is 0. The van der Waals surface area contributed by atoms with Crippen LogP contribution in [-0.4, -0.2) is 12.6 Å². The van der Waals surface area contributed by atoms with Crippen molar-refractivity contribution in [3.8, 4) is 0 Å². The molecular weight excluding hydrogens is 110 g/mol. The molecule has 0 aromatic carbocycles. The zero-order valence-corrected chi connectivity index (χ0v) is 5.64. The van der Waals surface area contributed by atoms with Gasteiger partial charge in [0, 0.05) is 6.04 Å². The van der Waals surface area contributed by atoms with E-state index in [4.69, 9.17) is 0 Å². The highest BCUT2D eigenvalue weighted by molar-refractivity contribution is 5.00. The van der Waals surface area contributed by atoms with Gasteiger partial charge >= 0.3 is 0 Å². The van der Waals surface area contributed by atoms with E-state index in [0.29, 0.717) is 0 Å². The molecule has 2 atom stereocenters. The molecule has 0 aromatic heterocycles. The third-order valence-electron chi connectivity index (χ3n) is 2.49. The molecule has 2 aliphatic rings. The summed E-state index contributed by atoms with van der Waals surface area (Å²) in [6.45, 7) is 1.25. The van der Waals surface area contributed by atoms with Gasteiger partial charge in [-0.15, -0.1) is 0 Å². The van der Waals surface area contributed by atoms with Crippen LogP contribution in [-0.2, 0) is 0 Å². The zero-order chi connectivity index (χ0) is 6.10. The van der Waals surface area contributed by atoms with Gasteiger partial charge in [0.15, 0.2) is 0 Å². The Morgan fingerprint density at radius 1 is 1.22 bits per heavy atom. The highest BCUT2D eigenvalue weighted by atomic mass is 14.9. The van der Waals surface area contributed by atoms with Gasteiger partial charge in [0.25, 0.3) is 0 Å². The molecule has 0 amide bonds. The van der Waals surface area contributed by atoms with Crippen LogP contribution in [0.1, 0.15) is 19.3 Å². The average Bonchev–Trinajstić information content (AvgIpc) is 2.33. The topological polar surface area (TPSA) is 12.0 Å². The minimum Gasteiger partial charge on any atom is -0.313 e. The Hall–Kier alpha value is -0.300. The van der Waals surface area contributed by atoms with Crippen LogP contribution in [0.5, 0.6) is 0 Å². The maximum absolute atomic E-state index is 3.51. The lowest BCUT2D eigenvalue weighted by atomic mass is 9.90. The Morgan fingerprint density at radius 3 is 3.00 bits per heavy atom. The van der Waals surface area contributed by atoms with E-state index in [1.165, 1.54) is 25.8 Å². The number of nitrogens with one attached hydrogen (secondary N) is 1. The Labute approximate surface area is 56.1 Å². The van der Waals surface area contributed by atoms with Crippen molar-refractivity contribution in [1.29, 1.82) is 0 Å². The summed E-state index contributed by atoms with van der Waals surface area (Å²) in [5.74, 6) is 0.968. The third-order valence-corrected chi connectivity index (χ3v) is 2.49. The first kappa shape index (κ1) is 5.48. The van der Waals surface area contributed by atoms with Crippen LogP contribution in [0.2, 0.25) is 0 Å². The van der Waals surface area contributed by atoms with E-state index in [1.807, 2.05) is 0 Å². The highest BCUT2D eigenvalue weighted by Gasteiger charge is 2.26. The van der Waals surface area contributed by atoms with Gasteiger partial charge in [-0.05, 0) is 31.7 Å². The van der Waals surface area contributed by atoms with Gasteiger partial charge in [-0.2, -0.15) is 0 Å². The largest absolute Gasteiger partial charge is 0.313 e. The van der Waals surface area contributed by atoms with Crippen LogP contribution in [0.25, 0.3) is 0 Å². The summed E-state index contributed by atoms with van der Waals surface area (Å²) in [6, 6.07) is 0.829. The molecule has 1 heterocycles. The molecular formula is C8H13N. The molecule has 50 valence electrons. The van der Waals surface area contributed by atoms with Crippen LogP contribution >= 0.6 is 0 Å². The average molecular weight is 123 g/mol. The number of hydrogen-bond acceptors (Lipinski definition) is 1. The minimum atomic E-state index is 0.829. The SMILES string of the molecule is C1=CCC2NCCC2C1. The fourth-order valence-corrected chi connectivity index (χ4v) is 1.89. The molecule has 0 bridgehead atoms. The van der Waals surface area contributed by atoms with Crippen molar-refractivity contribution in [2.24, 2.45) is 5.92 Å². The van der Waals surface area contributed by atoms with Gasteiger partial charge in [-0.1, -0.05) is 12.2 Å². The molecule has 1 aliphatic carbocycles. The fraction of sp³-hybridized carbons (Fsp3) is 0.750. The van der Waals surface area contributed by atoms with E-state index < -0.39 is 0 Å². The van der Waals surface area contributed by atoms with Crippen molar-refractivity contribution in [2.75, 3.05) is 6.54 Å². The second-order valence-electron chi connectivity index (χ2n) is 3.05. The second kappa shape index (κ2) is 2.14. The summed E-state index contributed by atoms with van der Waals surface area (Å²) >= 11 is 0. The van der Waals surface area contributed by atoms with Gasteiger partial charge in [0.05, 0.1) is 0 Å². The first-order valence-corrected chi connectivity index (χ1v) is 3.85. The lowest BCUT2D eigenvalue weighted by Crippen LogP contribution is -2.27. The van der Waals surface area contributed by atoms with E-state index in [-0.39, 0.29) is 0 Å². The van der Waals surface area contributed by atoms with Gasteiger partial charge in [0.2, 0.25) is 0 Å². The maximum Gasteiger partial charge on any atom is 0.0133 e. The summed E-state index contributed by atoms with van der Waals surface area (Å²) in [5, 5.41) is 3.51. The van der Waals surface area contributed by atoms with Crippen molar-refractivity contribution >= 4 is 0 Å². The normalized spacial score (nSPS) is 40.9. The summed E-state index contributed by atoms with van der Waals surface area (Å²) < 4.78 is 0. The predicted octanol–water partition coefficient (Wildman–Crippen LogP) is 1.31. The van der Waals surface area contributed by atoms with Crippen LogP contribution in [0.15, 0.2) is 12.2 Å². The molecule has 1 aliphatic heterocycles. The predicted molar refractivity (Wildman–Crippen MR) is 38.3 cm³/mol. The summed E-state index contributed by atoms with van der Waals surface area (Å²) in [5.41, 5.74) is 0. The van der Waals surface area contributed by atoms with Crippen molar-refractivity contribution in [1.82, 2.24) is 5.32 Å². The van der Waals surface area contributed by atoms with Crippen LogP contribution in [0.3, 0.4) is 0 Å². The van der Waals surface area contributed by atoms with E-state index in [0.717, 1.165) is 12.0 Å². The van der Waals surface area contributed by atoms with Crippen LogP contribution in [0, 0.1) is 5.92 Å². The third kappa shape index (κ3) is 0.897.